The smallest absolute Gasteiger partial charge is 0.0599 e. The van der Waals surface area contributed by atoms with Gasteiger partial charge in [-0.3, -0.25) is 0 Å². The van der Waals surface area contributed by atoms with Crippen molar-refractivity contribution in [2.24, 2.45) is 5.92 Å². The Morgan fingerprint density at radius 3 is 2.59 bits per heavy atom. The molecule has 0 aliphatic carbocycles. The third kappa shape index (κ3) is 7.02. The van der Waals surface area contributed by atoms with E-state index < -0.39 is 0 Å². The van der Waals surface area contributed by atoms with E-state index in [-0.39, 0.29) is 0 Å². The quantitative estimate of drug-likeness (QED) is 0.660. The second-order valence-corrected chi connectivity index (χ2v) is 5.47. The lowest BCUT2D eigenvalue weighted by atomic mass is 10.1. The van der Waals surface area contributed by atoms with E-state index in [0.29, 0.717) is 6.10 Å². The standard InChI is InChI=1S/C14H30N2O/c1-4-15-8-5-11-17-14-6-9-16(10-7-14)12-13(2)3/h13-15H,4-12H2,1-3H3. The van der Waals surface area contributed by atoms with Crippen LogP contribution in [0.15, 0.2) is 0 Å². The first kappa shape index (κ1) is 14.9. The van der Waals surface area contributed by atoms with E-state index in [0.717, 1.165) is 32.0 Å². The monoisotopic (exact) mass is 242 g/mol. The normalized spacial score (nSPS) is 19.1. The van der Waals surface area contributed by atoms with E-state index in [1.165, 1.54) is 32.5 Å². The van der Waals surface area contributed by atoms with Crippen molar-refractivity contribution >= 4 is 0 Å². The summed E-state index contributed by atoms with van der Waals surface area (Å²) in [6.07, 6.45) is 4.09. The van der Waals surface area contributed by atoms with Crippen LogP contribution in [0.3, 0.4) is 0 Å². The van der Waals surface area contributed by atoms with Crippen molar-refractivity contribution in [1.82, 2.24) is 10.2 Å². The molecule has 3 nitrogen and oxygen atoms in total. The van der Waals surface area contributed by atoms with Crippen LogP contribution in [0, 0.1) is 5.92 Å². The summed E-state index contributed by atoms with van der Waals surface area (Å²) in [7, 11) is 0. The van der Waals surface area contributed by atoms with Crippen LogP contribution in [0.5, 0.6) is 0 Å². The number of hydrogen-bond acceptors (Lipinski definition) is 3. The van der Waals surface area contributed by atoms with Gasteiger partial charge in [-0.25, -0.2) is 0 Å². The first-order valence-corrected chi connectivity index (χ1v) is 7.27. The van der Waals surface area contributed by atoms with Crippen LogP contribution in [-0.4, -0.2) is 50.3 Å². The molecule has 0 bridgehead atoms. The Morgan fingerprint density at radius 2 is 2.00 bits per heavy atom. The maximum absolute atomic E-state index is 5.92. The SMILES string of the molecule is CCNCCCOC1CCN(CC(C)C)CC1. The lowest BCUT2D eigenvalue weighted by Crippen LogP contribution is -2.39. The Hall–Kier alpha value is -0.120. The molecular formula is C14H30N2O. The molecular weight excluding hydrogens is 212 g/mol. The van der Waals surface area contributed by atoms with Crippen molar-refractivity contribution in [2.75, 3.05) is 39.3 Å². The highest BCUT2D eigenvalue weighted by atomic mass is 16.5. The zero-order chi connectivity index (χ0) is 12.5. The third-order valence-electron chi connectivity index (χ3n) is 3.26. The molecule has 0 amide bonds. The Morgan fingerprint density at radius 1 is 1.29 bits per heavy atom. The van der Waals surface area contributed by atoms with E-state index in [2.05, 4.69) is 31.0 Å². The van der Waals surface area contributed by atoms with Gasteiger partial charge in [0.15, 0.2) is 0 Å². The molecule has 0 unspecified atom stereocenters. The van der Waals surface area contributed by atoms with E-state index in [9.17, 15) is 0 Å². The van der Waals surface area contributed by atoms with Gasteiger partial charge in [-0.05, 0) is 38.3 Å². The minimum absolute atomic E-state index is 0.514. The molecule has 0 aromatic rings. The van der Waals surface area contributed by atoms with Gasteiger partial charge in [0, 0.05) is 26.2 Å². The largest absolute Gasteiger partial charge is 0.378 e. The summed E-state index contributed by atoms with van der Waals surface area (Å²) in [4.78, 5) is 2.57. The zero-order valence-corrected chi connectivity index (χ0v) is 11.9. The number of nitrogens with one attached hydrogen (secondary N) is 1. The molecule has 1 saturated heterocycles. The number of ether oxygens (including phenoxy) is 1. The number of nitrogens with zero attached hydrogens (tertiary/aromatic N) is 1. The van der Waals surface area contributed by atoms with Gasteiger partial charge < -0.3 is 15.0 Å². The Balaban J connectivity index is 1.99. The Kier molecular flexibility index (Phi) is 7.82. The summed E-state index contributed by atoms with van der Waals surface area (Å²) in [6, 6.07) is 0. The Labute approximate surface area is 107 Å². The first-order valence-electron chi connectivity index (χ1n) is 7.27. The average molecular weight is 242 g/mol. The molecule has 0 atom stereocenters. The molecule has 1 rings (SSSR count). The lowest BCUT2D eigenvalue weighted by Gasteiger charge is -2.32. The molecule has 0 saturated carbocycles. The molecule has 0 spiro atoms. The van der Waals surface area contributed by atoms with E-state index in [1.54, 1.807) is 0 Å². The van der Waals surface area contributed by atoms with Crippen LogP contribution >= 0.6 is 0 Å². The third-order valence-corrected chi connectivity index (χ3v) is 3.26. The summed E-state index contributed by atoms with van der Waals surface area (Å²) >= 11 is 0. The van der Waals surface area contributed by atoms with Gasteiger partial charge in [0.1, 0.15) is 0 Å². The maximum Gasteiger partial charge on any atom is 0.0599 e. The Bertz CT molecular complexity index is 177. The molecule has 102 valence electrons. The fourth-order valence-corrected chi connectivity index (χ4v) is 2.40. The second kappa shape index (κ2) is 8.90. The number of hydrogen-bond donors (Lipinski definition) is 1. The minimum atomic E-state index is 0.514. The molecule has 1 fully saturated rings. The highest BCUT2D eigenvalue weighted by Gasteiger charge is 2.19. The predicted octanol–water partition coefficient (Wildman–Crippen LogP) is 2.12. The van der Waals surface area contributed by atoms with Gasteiger partial charge in [0.25, 0.3) is 0 Å². The van der Waals surface area contributed by atoms with Gasteiger partial charge in [-0.2, -0.15) is 0 Å². The number of rotatable bonds is 8. The average Bonchev–Trinajstić information content (AvgIpc) is 2.30. The molecule has 0 aromatic carbocycles. The van der Waals surface area contributed by atoms with Gasteiger partial charge in [0.05, 0.1) is 6.10 Å². The first-order chi connectivity index (χ1) is 8.22. The lowest BCUT2D eigenvalue weighted by molar-refractivity contribution is 0.00471. The van der Waals surface area contributed by atoms with Crippen LogP contribution in [0.4, 0.5) is 0 Å². The van der Waals surface area contributed by atoms with Crippen LogP contribution < -0.4 is 5.32 Å². The topological polar surface area (TPSA) is 24.5 Å². The van der Waals surface area contributed by atoms with Gasteiger partial charge in [-0.15, -0.1) is 0 Å². The van der Waals surface area contributed by atoms with Crippen LogP contribution in [0.2, 0.25) is 0 Å². The van der Waals surface area contributed by atoms with Crippen molar-refractivity contribution in [3.8, 4) is 0 Å². The van der Waals surface area contributed by atoms with Crippen molar-refractivity contribution in [3.05, 3.63) is 0 Å². The molecule has 0 radical (unpaired) electrons. The van der Waals surface area contributed by atoms with Crippen molar-refractivity contribution in [3.63, 3.8) is 0 Å². The zero-order valence-electron chi connectivity index (χ0n) is 11.9. The molecule has 3 heteroatoms. The summed E-state index contributed by atoms with van der Waals surface area (Å²) < 4.78 is 5.92. The molecule has 1 heterocycles. The highest BCUT2D eigenvalue weighted by Crippen LogP contribution is 2.14. The van der Waals surface area contributed by atoms with E-state index >= 15 is 0 Å². The summed E-state index contributed by atoms with van der Waals surface area (Å²) in [5.74, 6) is 0.785. The van der Waals surface area contributed by atoms with Gasteiger partial charge in [0.2, 0.25) is 0 Å². The summed E-state index contributed by atoms with van der Waals surface area (Å²) in [5.41, 5.74) is 0. The molecule has 1 N–H and O–H groups in total. The van der Waals surface area contributed by atoms with Crippen LogP contribution in [0.25, 0.3) is 0 Å². The maximum atomic E-state index is 5.92. The highest BCUT2D eigenvalue weighted by molar-refractivity contribution is 4.73. The summed E-state index contributed by atoms with van der Waals surface area (Å²) in [6.45, 7) is 13.5. The number of likely N-dealkylation sites (tertiary alicyclic amines) is 1. The minimum Gasteiger partial charge on any atom is -0.378 e. The van der Waals surface area contributed by atoms with Gasteiger partial charge in [-0.1, -0.05) is 20.8 Å². The van der Waals surface area contributed by atoms with Crippen molar-refractivity contribution < 1.29 is 4.74 Å². The number of piperidine rings is 1. The van der Waals surface area contributed by atoms with Gasteiger partial charge >= 0.3 is 0 Å². The second-order valence-electron chi connectivity index (χ2n) is 5.47. The molecule has 17 heavy (non-hydrogen) atoms. The molecule has 0 aromatic heterocycles. The van der Waals surface area contributed by atoms with E-state index in [4.69, 9.17) is 4.74 Å². The van der Waals surface area contributed by atoms with Crippen LogP contribution in [0.1, 0.15) is 40.0 Å². The van der Waals surface area contributed by atoms with Crippen molar-refractivity contribution in [2.45, 2.75) is 46.1 Å². The fourth-order valence-electron chi connectivity index (χ4n) is 2.40. The molecule has 1 aliphatic heterocycles. The van der Waals surface area contributed by atoms with Crippen LogP contribution in [-0.2, 0) is 4.74 Å². The van der Waals surface area contributed by atoms with E-state index in [1.807, 2.05) is 0 Å². The van der Waals surface area contributed by atoms with Crippen molar-refractivity contribution in [1.29, 1.82) is 0 Å². The fraction of sp³-hybridized carbons (Fsp3) is 1.00. The molecule has 1 aliphatic rings. The summed E-state index contributed by atoms with van der Waals surface area (Å²) in [5, 5.41) is 3.33. The predicted molar refractivity (Wildman–Crippen MR) is 73.4 cm³/mol.